The summed E-state index contributed by atoms with van der Waals surface area (Å²) in [5.41, 5.74) is 5.89. The first-order chi connectivity index (χ1) is 8.68. The molecule has 1 heterocycles. The molecule has 2 rings (SSSR count). The van der Waals surface area contributed by atoms with Gasteiger partial charge in [0.15, 0.2) is 4.34 Å². The summed E-state index contributed by atoms with van der Waals surface area (Å²) in [7, 11) is 0. The third-order valence-electron chi connectivity index (χ3n) is 3.76. The highest BCUT2D eigenvalue weighted by Crippen LogP contribution is 2.37. The van der Waals surface area contributed by atoms with Gasteiger partial charge in [0.2, 0.25) is 0 Å². The molecule has 0 spiro atoms. The molecule has 1 saturated carbocycles. The number of aliphatic hydroxyl groups is 1. The largest absolute Gasteiger partial charge is 0.394 e. The second kappa shape index (κ2) is 6.32. The fraction of sp³-hybridized carbons (Fsp3) is 0.833. The maximum atomic E-state index is 9.40. The molecule has 1 aromatic rings. The highest BCUT2D eigenvalue weighted by Gasteiger charge is 2.38. The van der Waals surface area contributed by atoms with Crippen molar-refractivity contribution in [1.29, 1.82) is 0 Å². The maximum Gasteiger partial charge on any atom is 0.170 e. The summed E-state index contributed by atoms with van der Waals surface area (Å²) in [5, 5.41) is 9.40. The first-order valence-electron chi connectivity index (χ1n) is 6.53. The van der Waals surface area contributed by atoms with Crippen LogP contribution in [0, 0.1) is 5.92 Å². The molecule has 4 nitrogen and oxygen atoms in total. The second-order valence-electron chi connectivity index (χ2n) is 4.95. The summed E-state index contributed by atoms with van der Waals surface area (Å²) in [5.74, 6) is 2.41. The monoisotopic (exact) mass is 287 g/mol. The van der Waals surface area contributed by atoms with E-state index < -0.39 is 0 Å². The molecule has 2 unspecified atom stereocenters. The number of aryl methyl sites for hydroxylation is 1. The van der Waals surface area contributed by atoms with Crippen LogP contribution in [0.2, 0.25) is 0 Å². The Labute approximate surface area is 117 Å². The average molecular weight is 287 g/mol. The highest BCUT2D eigenvalue weighted by molar-refractivity contribution is 8.00. The van der Waals surface area contributed by atoms with Crippen molar-refractivity contribution in [2.24, 2.45) is 11.7 Å². The molecular formula is C12H21N3OS2. The number of nitrogens with two attached hydrogens (primary N) is 1. The van der Waals surface area contributed by atoms with E-state index in [1.54, 1.807) is 11.8 Å². The van der Waals surface area contributed by atoms with Gasteiger partial charge in [0.25, 0.3) is 0 Å². The quantitative estimate of drug-likeness (QED) is 0.784. The normalized spacial score (nSPS) is 27.8. The zero-order valence-corrected chi connectivity index (χ0v) is 12.4. The lowest BCUT2D eigenvalue weighted by Gasteiger charge is -2.29. The third-order valence-corrected chi connectivity index (χ3v) is 5.66. The maximum absolute atomic E-state index is 9.40. The van der Waals surface area contributed by atoms with Gasteiger partial charge in [-0.25, -0.2) is 4.98 Å². The van der Waals surface area contributed by atoms with Crippen LogP contribution in [0.1, 0.15) is 38.4 Å². The van der Waals surface area contributed by atoms with Crippen LogP contribution in [-0.2, 0) is 6.42 Å². The standard InChI is InChI=1S/C12H21N3OS2/c1-2-10-14-11(18-15-10)17-7-5-9-4-3-6-12(9,13)8-16/h9,16H,2-8,13H2,1H3. The lowest BCUT2D eigenvalue weighted by atomic mass is 9.87. The summed E-state index contributed by atoms with van der Waals surface area (Å²) in [4.78, 5) is 4.44. The Hall–Kier alpha value is -0.170. The predicted molar refractivity (Wildman–Crippen MR) is 76.0 cm³/mol. The Morgan fingerprint density at radius 2 is 2.44 bits per heavy atom. The minimum Gasteiger partial charge on any atom is -0.394 e. The number of nitrogens with zero attached hydrogens (tertiary/aromatic N) is 2. The minimum absolute atomic E-state index is 0.112. The molecule has 3 N–H and O–H groups in total. The van der Waals surface area contributed by atoms with Crippen LogP contribution in [0.4, 0.5) is 0 Å². The lowest BCUT2D eigenvalue weighted by Crippen LogP contribution is -2.47. The fourth-order valence-electron chi connectivity index (χ4n) is 2.54. The van der Waals surface area contributed by atoms with Crippen LogP contribution in [0.25, 0.3) is 0 Å². The van der Waals surface area contributed by atoms with E-state index in [2.05, 4.69) is 16.3 Å². The van der Waals surface area contributed by atoms with Crippen LogP contribution in [0.5, 0.6) is 0 Å². The topological polar surface area (TPSA) is 72.0 Å². The second-order valence-corrected chi connectivity index (χ2v) is 7.04. The fourth-order valence-corrected chi connectivity index (χ4v) is 4.36. The van der Waals surface area contributed by atoms with E-state index in [-0.39, 0.29) is 12.1 Å². The summed E-state index contributed by atoms with van der Waals surface area (Å²) in [6.07, 6.45) is 5.20. The third kappa shape index (κ3) is 3.23. The molecule has 0 amide bonds. The lowest BCUT2D eigenvalue weighted by molar-refractivity contribution is 0.158. The van der Waals surface area contributed by atoms with E-state index >= 15 is 0 Å². The number of rotatable bonds is 6. The highest BCUT2D eigenvalue weighted by atomic mass is 32.2. The summed E-state index contributed by atoms with van der Waals surface area (Å²) < 4.78 is 5.33. The van der Waals surface area contributed by atoms with E-state index in [1.165, 1.54) is 11.5 Å². The zero-order valence-electron chi connectivity index (χ0n) is 10.8. The number of hydrogen-bond acceptors (Lipinski definition) is 6. The summed E-state index contributed by atoms with van der Waals surface area (Å²) in [6, 6.07) is 0. The van der Waals surface area contributed by atoms with Crippen LogP contribution < -0.4 is 5.73 Å². The van der Waals surface area contributed by atoms with Gasteiger partial charge in [-0.15, -0.1) is 0 Å². The van der Waals surface area contributed by atoms with Crippen molar-refractivity contribution in [2.45, 2.75) is 48.9 Å². The summed E-state index contributed by atoms with van der Waals surface area (Å²) in [6.45, 7) is 2.18. The molecule has 1 fully saturated rings. The minimum atomic E-state index is -0.337. The van der Waals surface area contributed by atoms with Crippen LogP contribution >= 0.6 is 23.3 Å². The van der Waals surface area contributed by atoms with Crippen molar-refractivity contribution in [3.63, 3.8) is 0 Å². The van der Waals surface area contributed by atoms with Gasteiger partial charge in [0, 0.05) is 17.7 Å². The molecule has 0 radical (unpaired) electrons. The van der Waals surface area contributed by atoms with Crippen molar-refractivity contribution in [2.75, 3.05) is 12.4 Å². The van der Waals surface area contributed by atoms with Gasteiger partial charge in [0.05, 0.1) is 6.61 Å². The molecule has 0 saturated heterocycles. The molecule has 0 aromatic carbocycles. The van der Waals surface area contributed by atoms with Gasteiger partial charge in [-0.1, -0.05) is 25.1 Å². The van der Waals surface area contributed by atoms with Crippen LogP contribution in [0.15, 0.2) is 4.34 Å². The molecule has 6 heteroatoms. The number of hydrogen-bond donors (Lipinski definition) is 2. The molecule has 18 heavy (non-hydrogen) atoms. The molecule has 2 atom stereocenters. The van der Waals surface area contributed by atoms with Crippen molar-refractivity contribution in [3.8, 4) is 0 Å². The van der Waals surface area contributed by atoms with E-state index in [1.807, 2.05) is 0 Å². The van der Waals surface area contributed by atoms with Gasteiger partial charge in [-0.3, -0.25) is 0 Å². The Bertz CT molecular complexity index is 385. The van der Waals surface area contributed by atoms with Crippen LogP contribution in [0.3, 0.4) is 0 Å². The van der Waals surface area contributed by atoms with Crippen molar-refractivity contribution in [3.05, 3.63) is 5.82 Å². The van der Waals surface area contributed by atoms with Crippen molar-refractivity contribution in [1.82, 2.24) is 9.36 Å². The molecule has 102 valence electrons. The van der Waals surface area contributed by atoms with E-state index in [0.29, 0.717) is 5.92 Å². The molecule has 0 bridgehead atoms. The Morgan fingerprint density at radius 1 is 1.61 bits per heavy atom. The van der Waals surface area contributed by atoms with E-state index in [9.17, 15) is 5.11 Å². The summed E-state index contributed by atoms with van der Waals surface area (Å²) >= 11 is 3.25. The van der Waals surface area contributed by atoms with Gasteiger partial charge in [-0.2, -0.15) is 4.37 Å². The molecule has 1 aliphatic rings. The van der Waals surface area contributed by atoms with E-state index in [0.717, 1.165) is 48.0 Å². The first kappa shape index (κ1) is 14.2. The predicted octanol–water partition coefficient (Wildman–Crippen LogP) is 2.07. The SMILES string of the molecule is CCc1nsc(SCCC2CCCC2(N)CO)n1. The van der Waals surface area contributed by atoms with Gasteiger partial charge < -0.3 is 10.8 Å². The smallest absolute Gasteiger partial charge is 0.170 e. The number of aliphatic hydroxyl groups excluding tert-OH is 1. The zero-order chi connectivity index (χ0) is 13.0. The molecular weight excluding hydrogens is 266 g/mol. The molecule has 1 aliphatic carbocycles. The number of thioether (sulfide) groups is 1. The molecule has 0 aliphatic heterocycles. The van der Waals surface area contributed by atoms with Crippen LogP contribution in [-0.4, -0.2) is 32.4 Å². The van der Waals surface area contributed by atoms with Crippen molar-refractivity contribution < 1.29 is 5.11 Å². The number of aromatic nitrogens is 2. The Morgan fingerprint density at radius 3 is 3.11 bits per heavy atom. The Balaban J connectivity index is 1.78. The average Bonchev–Trinajstić information content (AvgIpc) is 2.98. The van der Waals surface area contributed by atoms with E-state index in [4.69, 9.17) is 5.73 Å². The Kier molecular flexibility index (Phi) is 5.00. The van der Waals surface area contributed by atoms with Gasteiger partial charge in [0.1, 0.15) is 5.82 Å². The molecule has 1 aromatic heterocycles. The van der Waals surface area contributed by atoms with Crippen molar-refractivity contribution >= 4 is 23.3 Å². The van der Waals surface area contributed by atoms with Gasteiger partial charge >= 0.3 is 0 Å². The first-order valence-corrected chi connectivity index (χ1v) is 8.29. The van der Waals surface area contributed by atoms with Gasteiger partial charge in [-0.05, 0) is 36.7 Å².